The number of likely N-dealkylation sites (tertiary alicyclic amines) is 1. The number of carbonyl (C=O) groups is 3. The van der Waals surface area contributed by atoms with Crippen LogP contribution in [-0.2, 0) is 19.9 Å². The first-order valence-electron chi connectivity index (χ1n) is 9.08. The van der Waals surface area contributed by atoms with Crippen LogP contribution in [0.15, 0.2) is 12.1 Å². The lowest BCUT2D eigenvalue weighted by Gasteiger charge is -2.29. The summed E-state index contributed by atoms with van der Waals surface area (Å²) in [5, 5.41) is 6.71. The maximum absolute atomic E-state index is 13.2. The van der Waals surface area contributed by atoms with E-state index in [1.54, 1.807) is 12.1 Å². The van der Waals surface area contributed by atoms with E-state index < -0.39 is 17.4 Å². The number of anilines is 1. The number of nitrogens with zero attached hydrogens (tertiary/aromatic N) is 1. The predicted molar refractivity (Wildman–Crippen MR) is 97.7 cm³/mol. The second-order valence-corrected chi connectivity index (χ2v) is 7.96. The van der Waals surface area contributed by atoms with Gasteiger partial charge in [-0.3, -0.25) is 24.6 Å². The zero-order valence-electron chi connectivity index (χ0n) is 15.1. The van der Waals surface area contributed by atoms with Crippen LogP contribution in [0.1, 0.15) is 37.8 Å². The lowest BCUT2D eigenvalue weighted by atomic mass is 9.76. The Kier molecular flexibility index (Phi) is 3.90. The van der Waals surface area contributed by atoms with Crippen LogP contribution < -0.4 is 10.6 Å². The number of imide groups is 1. The Bertz CT molecular complexity index is 840. The lowest BCUT2D eigenvalue weighted by Crippen LogP contribution is -2.53. The molecule has 4 atom stereocenters. The zero-order chi connectivity index (χ0) is 18.8. The van der Waals surface area contributed by atoms with Crippen LogP contribution in [0.2, 0.25) is 5.02 Å². The van der Waals surface area contributed by atoms with Crippen LogP contribution >= 0.6 is 11.6 Å². The molecule has 2 fully saturated rings. The van der Waals surface area contributed by atoms with Gasteiger partial charge in [-0.2, -0.15) is 0 Å². The lowest BCUT2D eigenvalue weighted by molar-refractivity contribution is -0.142. The fourth-order valence-corrected chi connectivity index (χ4v) is 5.06. The Morgan fingerprint density at radius 2 is 1.96 bits per heavy atom. The van der Waals surface area contributed by atoms with Crippen molar-refractivity contribution in [3.05, 3.63) is 28.3 Å². The minimum Gasteiger partial charge on any atom is -0.324 e. The van der Waals surface area contributed by atoms with E-state index in [9.17, 15) is 14.4 Å². The van der Waals surface area contributed by atoms with Gasteiger partial charge in [-0.25, -0.2) is 0 Å². The average molecular weight is 376 g/mol. The number of halogens is 1. The predicted octanol–water partition coefficient (Wildman–Crippen LogP) is 2.19. The summed E-state index contributed by atoms with van der Waals surface area (Å²) in [5.74, 6) is -1.98. The highest BCUT2D eigenvalue weighted by molar-refractivity contribution is 6.31. The number of hydrogen-bond donors (Lipinski definition) is 2. The van der Waals surface area contributed by atoms with Crippen LogP contribution in [0.4, 0.5) is 5.69 Å². The van der Waals surface area contributed by atoms with Gasteiger partial charge in [-0.1, -0.05) is 24.9 Å². The molecule has 0 aromatic heterocycles. The molecule has 3 heterocycles. The van der Waals surface area contributed by atoms with Crippen molar-refractivity contribution in [2.75, 3.05) is 11.9 Å². The average Bonchev–Trinajstić information content (AvgIpc) is 3.13. The Morgan fingerprint density at radius 3 is 2.65 bits per heavy atom. The third-order valence-electron chi connectivity index (χ3n) is 5.96. The zero-order valence-corrected chi connectivity index (χ0v) is 15.8. The molecule has 0 bridgehead atoms. The van der Waals surface area contributed by atoms with Crippen LogP contribution in [-0.4, -0.2) is 35.2 Å². The summed E-state index contributed by atoms with van der Waals surface area (Å²) in [4.78, 5) is 40.5. The van der Waals surface area contributed by atoms with Crippen molar-refractivity contribution in [1.82, 2.24) is 10.2 Å². The van der Waals surface area contributed by atoms with Gasteiger partial charge in [0.1, 0.15) is 5.54 Å². The van der Waals surface area contributed by atoms with E-state index in [0.29, 0.717) is 22.8 Å². The quantitative estimate of drug-likeness (QED) is 0.794. The number of aryl methyl sites for hydroxylation is 1. The van der Waals surface area contributed by atoms with E-state index in [-0.39, 0.29) is 23.8 Å². The monoisotopic (exact) mass is 375 g/mol. The Morgan fingerprint density at radius 1 is 1.23 bits per heavy atom. The number of fused-ring (bicyclic) bond motifs is 4. The fourth-order valence-electron chi connectivity index (χ4n) is 4.79. The number of amides is 3. The second-order valence-electron chi connectivity index (χ2n) is 7.53. The molecule has 2 saturated heterocycles. The normalized spacial score (nSPS) is 32.4. The first kappa shape index (κ1) is 17.5. The van der Waals surface area contributed by atoms with Crippen molar-refractivity contribution < 1.29 is 14.4 Å². The number of hydrogen-bond acceptors (Lipinski definition) is 4. The molecule has 4 unspecified atom stereocenters. The first-order chi connectivity index (χ1) is 12.3. The molecule has 0 radical (unpaired) electrons. The molecule has 0 saturated carbocycles. The molecule has 3 amide bonds. The number of carbonyl (C=O) groups excluding carboxylic acids is 3. The van der Waals surface area contributed by atoms with Gasteiger partial charge in [0, 0.05) is 28.9 Å². The number of unbranched alkanes of at least 4 members (excludes halogenated alkanes) is 1. The molecule has 7 heteroatoms. The number of benzene rings is 1. The summed E-state index contributed by atoms with van der Waals surface area (Å²) in [6, 6.07) is 3.24. The Labute approximate surface area is 157 Å². The Hall–Kier alpha value is -1.92. The van der Waals surface area contributed by atoms with E-state index in [1.165, 1.54) is 4.90 Å². The van der Waals surface area contributed by atoms with E-state index >= 15 is 0 Å². The summed E-state index contributed by atoms with van der Waals surface area (Å²) in [6.45, 7) is 6.16. The summed E-state index contributed by atoms with van der Waals surface area (Å²) < 4.78 is 0. The first-order valence-corrected chi connectivity index (χ1v) is 9.45. The van der Waals surface area contributed by atoms with Gasteiger partial charge in [0.25, 0.3) is 0 Å². The van der Waals surface area contributed by atoms with Gasteiger partial charge in [-0.05, 0) is 38.0 Å². The van der Waals surface area contributed by atoms with Crippen molar-refractivity contribution in [1.29, 1.82) is 0 Å². The molecule has 1 spiro atoms. The van der Waals surface area contributed by atoms with Crippen LogP contribution in [0.3, 0.4) is 0 Å². The SMILES string of the molecule is CCCCN1C(=O)C2C(C)NC3(C(=O)Nc4c(C)cc(Cl)cc43)C2C1=O. The molecular formula is C19H22ClN3O3. The molecule has 6 nitrogen and oxygen atoms in total. The topological polar surface area (TPSA) is 78.5 Å². The summed E-state index contributed by atoms with van der Waals surface area (Å²) in [6.07, 6.45) is 1.66. The molecule has 1 aromatic carbocycles. The number of nitrogens with one attached hydrogen (secondary N) is 2. The smallest absolute Gasteiger partial charge is 0.250 e. The van der Waals surface area contributed by atoms with Gasteiger partial charge in [0.15, 0.2) is 0 Å². The van der Waals surface area contributed by atoms with Crippen LogP contribution in [0.25, 0.3) is 0 Å². The largest absolute Gasteiger partial charge is 0.324 e. The third-order valence-corrected chi connectivity index (χ3v) is 6.18. The standard InChI is InChI=1S/C19H22ClN3O3/c1-4-5-6-23-16(24)13-10(3)22-19(14(13)17(23)25)12-8-11(20)7-9(2)15(12)21-18(19)26/h7-8,10,13-14,22H,4-6H2,1-3H3,(H,21,26). The summed E-state index contributed by atoms with van der Waals surface area (Å²) >= 11 is 6.25. The van der Waals surface area contributed by atoms with Gasteiger partial charge in [0.2, 0.25) is 17.7 Å². The highest BCUT2D eigenvalue weighted by atomic mass is 35.5. The van der Waals surface area contributed by atoms with E-state index in [2.05, 4.69) is 10.6 Å². The van der Waals surface area contributed by atoms with E-state index in [4.69, 9.17) is 11.6 Å². The van der Waals surface area contributed by atoms with Gasteiger partial charge < -0.3 is 5.32 Å². The molecule has 4 rings (SSSR count). The molecular weight excluding hydrogens is 354 g/mol. The minimum absolute atomic E-state index is 0.176. The fraction of sp³-hybridized carbons (Fsp3) is 0.526. The third kappa shape index (κ3) is 2.06. The highest BCUT2D eigenvalue weighted by Gasteiger charge is 2.69. The maximum atomic E-state index is 13.2. The van der Waals surface area contributed by atoms with Gasteiger partial charge in [0.05, 0.1) is 11.8 Å². The molecule has 2 N–H and O–H groups in total. The van der Waals surface area contributed by atoms with Gasteiger partial charge in [-0.15, -0.1) is 0 Å². The van der Waals surface area contributed by atoms with Crippen molar-refractivity contribution >= 4 is 35.0 Å². The van der Waals surface area contributed by atoms with Crippen molar-refractivity contribution in [2.24, 2.45) is 11.8 Å². The molecule has 1 aromatic rings. The van der Waals surface area contributed by atoms with Gasteiger partial charge >= 0.3 is 0 Å². The van der Waals surface area contributed by atoms with E-state index in [1.807, 2.05) is 20.8 Å². The van der Waals surface area contributed by atoms with Crippen molar-refractivity contribution in [3.63, 3.8) is 0 Å². The molecule has 3 aliphatic rings. The second kappa shape index (κ2) is 5.79. The Balaban J connectivity index is 1.86. The molecule has 3 aliphatic heterocycles. The molecule has 0 aliphatic carbocycles. The number of rotatable bonds is 3. The van der Waals surface area contributed by atoms with Crippen LogP contribution in [0.5, 0.6) is 0 Å². The van der Waals surface area contributed by atoms with Crippen molar-refractivity contribution in [2.45, 2.75) is 45.2 Å². The molecule has 26 heavy (non-hydrogen) atoms. The molecule has 138 valence electrons. The summed E-state index contributed by atoms with van der Waals surface area (Å²) in [7, 11) is 0. The van der Waals surface area contributed by atoms with Crippen molar-refractivity contribution in [3.8, 4) is 0 Å². The highest BCUT2D eigenvalue weighted by Crippen LogP contribution is 2.53. The van der Waals surface area contributed by atoms with E-state index in [0.717, 1.165) is 18.4 Å². The van der Waals surface area contributed by atoms with Crippen LogP contribution in [0, 0.1) is 18.8 Å². The minimum atomic E-state index is -1.23. The summed E-state index contributed by atoms with van der Waals surface area (Å²) in [5.41, 5.74) is 0.968. The maximum Gasteiger partial charge on any atom is 0.250 e.